The van der Waals surface area contributed by atoms with E-state index >= 15 is 0 Å². The molecule has 0 aliphatic heterocycles. The van der Waals surface area contributed by atoms with Crippen LogP contribution in [0.1, 0.15) is 31.7 Å². The molecule has 4 rings (SSSR count). The smallest absolute Gasteiger partial charge is 0.120 e. The molecule has 0 atom stereocenters. The zero-order chi connectivity index (χ0) is 15.6. The van der Waals surface area contributed by atoms with Gasteiger partial charge in [-0.1, -0.05) is 12.1 Å². The Hall–Kier alpha value is -2.56. The second kappa shape index (κ2) is 5.91. The van der Waals surface area contributed by atoms with Crippen molar-refractivity contribution < 1.29 is 4.79 Å². The van der Waals surface area contributed by atoms with Crippen LogP contribution in [0.15, 0.2) is 42.9 Å². The van der Waals surface area contributed by atoms with Crippen molar-refractivity contribution in [1.29, 1.82) is 0 Å². The van der Waals surface area contributed by atoms with Crippen molar-refractivity contribution >= 4 is 17.3 Å². The van der Waals surface area contributed by atoms with Crippen LogP contribution in [-0.4, -0.2) is 26.0 Å². The highest BCUT2D eigenvalue weighted by molar-refractivity contribution is 5.76. The monoisotopic (exact) mass is 306 g/mol. The number of aldehydes is 1. The summed E-state index contributed by atoms with van der Waals surface area (Å²) in [6.07, 6.45) is 10.6. The first-order valence-electron chi connectivity index (χ1n) is 8.03. The number of aromatic nitrogens is 4. The molecule has 0 radical (unpaired) electrons. The molecule has 1 saturated carbocycles. The Kier molecular flexibility index (Phi) is 3.61. The molecule has 5 nitrogen and oxygen atoms in total. The molecule has 0 saturated heterocycles. The van der Waals surface area contributed by atoms with Gasteiger partial charge >= 0.3 is 0 Å². The summed E-state index contributed by atoms with van der Waals surface area (Å²) in [4.78, 5) is 19.5. The standard InChI is InChI=1S/C18H18N4O/c23-7-3-4-13-8-15(9-13)22-12-14(10-20-22)18-11-19-16-5-1-2-6-17(16)21-18/h1-2,5-7,10-13,15H,3-4,8-9H2. The van der Waals surface area contributed by atoms with Gasteiger partial charge in [-0.15, -0.1) is 0 Å². The van der Waals surface area contributed by atoms with Crippen LogP contribution in [0.25, 0.3) is 22.3 Å². The lowest BCUT2D eigenvalue weighted by atomic mass is 9.78. The first-order chi connectivity index (χ1) is 11.3. The molecule has 1 aromatic carbocycles. The van der Waals surface area contributed by atoms with Crippen LogP contribution >= 0.6 is 0 Å². The molecule has 0 spiro atoms. The van der Waals surface area contributed by atoms with Gasteiger partial charge in [0.15, 0.2) is 0 Å². The normalized spacial score (nSPS) is 20.3. The van der Waals surface area contributed by atoms with Gasteiger partial charge in [0.25, 0.3) is 0 Å². The molecule has 0 bridgehead atoms. The molecule has 23 heavy (non-hydrogen) atoms. The predicted octanol–water partition coefficient (Wildman–Crippen LogP) is 3.42. The highest BCUT2D eigenvalue weighted by atomic mass is 16.1. The van der Waals surface area contributed by atoms with Crippen LogP contribution in [0.5, 0.6) is 0 Å². The van der Waals surface area contributed by atoms with Crippen LogP contribution < -0.4 is 0 Å². The van der Waals surface area contributed by atoms with Gasteiger partial charge in [-0.05, 0) is 37.3 Å². The summed E-state index contributed by atoms with van der Waals surface area (Å²) < 4.78 is 2.03. The van der Waals surface area contributed by atoms with Crippen LogP contribution in [0.4, 0.5) is 0 Å². The molecule has 0 amide bonds. The van der Waals surface area contributed by atoms with Gasteiger partial charge in [-0.2, -0.15) is 5.10 Å². The number of para-hydroxylation sites is 2. The molecular formula is C18H18N4O. The van der Waals surface area contributed by atoms with Crippen LogP contribution in [-0.2, 0) is 4.79 Å². The summed E-state index contributed by atoms with van der Waals surface area (Å²) in [5, 5.41) is 4.49. The van der Waals surface area contributed by atoms with Crippen molar-refractivity contribution in [2.75, 3.05) is 0 Å². The second-order valence-electron chi connectivity index (χ2n) is 6.19. The third-order valence-corrected chi connectivity index (χ3v) is 4.62. The topological polar surface area (TPSA) is 60.7 Å². The number of hydrogen-bond acceptors (Lipinski definition) is 4. The molecule has 1 aliphatic rings. The fourth-order valence-corrected chi connectivity index (χ4v) is 3.22. The Morgan fingerprint density at radius 2 is 2.00 bits per heavy atom. The first-order valence-corrected chi connectivity index (χ1v) is 8.03. The van der Waals surface area contributed by atoms with Crippen LogP contribution in [0.3, 0.4) is 0 Å². The van der Waals surface area contributed by atoms with E-state index in [1.165, 1.54) is 0 Å². The minimum atomic E-state index is 0.453. The van der Waals surface area contributed by atoms with E-state index in [4.69, 9.17) is 0 Å². The number of rotatable bonds is 5. The molecule has 1 fully saturated rings. The van der Waals surface area contributed by atoms with E-state index in [2.05, 4.69) is 21.3 Å². The fourth-order valence-electron chi connectivity index (χ4n) is 3.22. The van der Waals surface area contributed by atoms with E-state index < -0.39 is 0 Å². The maximum absolute atomic E-state index is 10.4. The quantitative estimate of drug-likeness (QED) is 0.678. The summed E-state index contributed by atoms with van der Waals surface area (Å²) in [5.74, 6) is 0.665. The van der Waals surface area contributed by atoms with E-state index in [0.29, 0.717) is 18.4 Å². The highest BCUT2D eigenvalue weighted by Gasteiger charge is 2.30. The average molecular weight is 306 g/mol. The van der Waals surface area contributed by atoms with Crippen molar-refractivity contribution in [2.45, 2.75) is 31.7 Å². The zero-order valence-electron chi connectivity index (χ0n) is 12.8. The highest BCUT2D eigenvalue weighted by Crippen LogP contribution is 2.40. The number of carbonyl (C=O) groups excluding carboxylic acids is 1. The first kappa shape index (κ1) is 14.1. The average Bonchev–Trinajstić information content (AvgIpc) is 3.02. The van der Waals surface area contributed by atoms with Crippen molar-refractivity contribution in [3.05, 3.63) is 42.9 Å². The fraction of sp³-hybridized carbons (Fsp3) is 0.333. The molecule has 3 aromatic rings. The van der Waals surface area contributed by atoms with Gasteiger partial charge < -0.3 is 4.79 Å². The molecular weight excluding hydrogens is 288 g/mol. The van der Waals surface area contributed by atoms with Crippen molar-refractivity contribution in [3.8, 4) is 11.3 Å². The zero-order valence-corrected chi connectivity index (χ0v) is 12.8. The Morgan fingerprint density at radius 3 is 2.83 bits per heavy atom. The lowest BCUT2D eigenvalue weighted by Crippen LogP contribution is -2.27. The number of nitrogens with zero attached hydrogens (tertiary/aromatic N) is 4. The second-order valence-corrected chi connectivity index (χ2v) is 6.19. The molecule has 2 aromatic heterocycles. The summed E-state index contributed by atoms with van der Waals surface area (Å²) in [6, 6.07) is 8.32. The lowest BCUT2D eigenvalue weighted by molar-refractivity contribution is -0.108. The van der Waals surface area contributed by atoms with Crippen molar-refractivity contribution in [2.24, 2.45) is 5.92 Å². The maximum Gasteiger partial charge on any atom is 0.120 e. The molecule has 1 aliphatic carbocycles. The Bertz CT molecular complexity index is 836. The van der Waals surface area contributed by atoms with Gasteiger partial charge in [0.05, 0.1) is 35.2 Å². The van der Waals surface area contributed by atoms with E-state index in [9.17, 15) is 4.79 Å². The largest absolute Gasteiger partial charge is 0.303 e. The minimum absolute atomic E-state index is 0.453. The third kappa shape index (κ3) is 2.74. The minimum Gasteiger partial charge on any atom is -0.303 e. The van der Waals surface area contributed by atoms with Gasteiger partial charge in [0, 0.05) is 18.2 Å². The van der Waals surface area contributed by atoms with E-state index in [1.807, 2.05) is 35.1 Å². The number of hydrogen-bond donors (Lipinski definition) is 0. The molecule has 0 unspecified atom stereocenters. The molecule has 2 heterocycles. The Labute approximate surface area is 134 Å². The Morgan fingerprint density at radius 1 is 1.17 bits per heavy atom. The van der Waals surface area contributed by atoms with E-state index in [-0.39, 0.29) is 0 Å². The summed E-state index contributed by atoms with van der Waals surface area (Å²) >= 11 is 0. The van der Waals surface area contributed by atoms with Gasteiger partial charge in [0.1, 0.15) is 6.29 Å². The molecule has 116 valence electrons. The predicted molar refractivity (Wildman–Crippen MR) is 87.8 cm³/mol. The third-order valence-electron chi connectivity index (χ3n) is 4.62. The maximum atomic E-state index is 10.4. The summed E-state index contributed by atoms with van der Waals surface area (Å²) in [6.45, 7) is 0. The van der Waals surface area contributed by atoms with Gasteiger partial charge in [0.2, 0.25) is 0 Å². The lowest BCUT2D eigenvalue weighted by Gasteiger charge is -2.35. The molecule has 0 N–H and O–H groups in total. The van der Waals surface area contributed by atoms with Gasteiger partial charge in [-0.25, -0.2) is 4.98 Å². The van der Waals surface area contributed by atoms with Gasteiger partial charge in [-0.3, -0.25) is 9.67 Å². The van der Waals surface area contributed by atoms with Crippen molar-refractivity contribution in [3.63, 3.8) is 0 Å². The van der Waals surface area contributed by atoms with E-state index in [1.54, 1.807) is 6.20 Å². The van der Waals surface area contributed by atoms with Crippen molar-refractivity contribution in [1.82, 2.24) is 19.7 Å². The SMILES string of the molecule is O=CCCC1CC(n2cc(-c3cnc4ccccc4n3)cn2)C1. The van der Waals surface area contributed by atoms with Crippen LogP contribution in [0.2, 0.25) is 0 Å². The summed E-state index contributed by atoms with van der Waals surface area (Å²) in [5.41, 5.74) is 3.65. The number of carbonyl (C=O) groups is 1. The number of fused-ring (bicyclic) bond motifs is 1. The van der Waals surface area contributed by atoms with Crippen LogP contribution in [0, 0.1) is 5.92 Å². The number of benzene rings is 1. The summed E-state index contributed by atoms with van der Waals surface area (Å²) in [7, 11) is 0. The molecule has 5 heteroatoms. The van der Waals surface area contributed by atoms with E-state index in [0.717, 1.165) is 47.8 Å². The Balaban J connectivity index is 1.50.